The van der Waals surface area contributed by atoms with E-state index in [0.29, 0.717) is 24.2 Å². The van der Waals surface area contributed by atoms with E-state index in [4.69, 9.17) is 14.8 Å². The van der Waals surface area contributed by atoms with E-state index in [1.165, 1.54) is 11.1 Å². The zero-order valence-electron chi connectivity index (χ0n) is 15.6. The van der Waals surface area contributed by atoms with E-state index in [-0.39, 0.29) is 6.61 Å². The Hall–Kier alpha value is -1.18. The van der Waals surface area contributed by atoms with E-state index in [2.05, 4.69) is 79.7 Å². The van der Waals surface area contributed by atoms with E-state index in [1.807, 2.05) is 18.3 Å². The van der Waals surface area contributed by atoms with Crippen LogP contribution >= 0.6 is 9.53 Å². The second-order valence-electron chi connectivity index (χ2n) is 6.40. The molecule has 144 valence electrons. The molecule has 2 aromatic carbocycles. The fraction of sp³-hybridized carbons (Fsp3) is 0.381. The molecule has 0 spiro atoms. The van der Waals surface area contributed by atoms with Crippen LogP contribution in [0.25, 0.3) is 0 Å². The molecule has 0 aliphatic carbocycles. The molecule has 0 amide bonds. The number of ether oxygens (including phenoxy) is 1. The van der Waals surface area contributed by atoms with Gasteiger partial charge in [0.2, 0.25) is 0 Å². The summed E-state index contributed by atoms with van der Waals surface area (Å²) in [4.78, 5) is 4.77. The van der Waals surface area contributed by atoms with Crippen LogP contribution in [0.5, 0.6) is 5.75 Å². The maximum absolute atomic E-state index is 8.78. The summed E-state index contributed by atoms with van der Waals surface area (Å²) >= 11 is 2.22. The zero-order chi connectivity index (χ0) is 19.5. The van der Waals surface area contributed by atoms with Gasteiger partial charge in [0, 0.05) is 5.75 Å². The monoisotopic (exact) mass is 465 g/mol. The van der Waals surface area contributed by atoms with Crippen molar-refractivity contribution in [3.8, 4) is 5.75 Å². The van der Waals surface area contributed by atoms with Gasteiger partial charge < -0.3 is 14.8 Å². The molecule has 2 rings (SSSR count). The Morgan fingerprint density at radius 2 is 1.73 bits per heavy atom. The van der Waals surface area contributed by atoms with E-state index >= 15 is 0 Å². The van der Waals surface area contributed by atoms with Gasteiger partial charge in [-0.15, -0.1) is 29.8 Å². The Balaban J connectivity index is 0.00000163. The number of halogens is 1. The summed E-state index contributed by atoms with van der Waals surface area (Å²) in [5.41, 5.74) is 4.50. The summed E-state index contributed by atoms with van der Waals surface area (Å²) in [7, 11) is 4.49. The van der Waals surface area contributed by atoms with Crippen LogP contribution in [0.2, 0.25) is 0 Å². The number of aliphatic imine (C=N–C) groups is 1. The number of benzene rings is 2. The van der Waals surface area contributed by atoms with E-state index < -0.39 is 0 Å². The van der Waals surface area contributed by atoms with E-state index in [1.54, 1.807) is 6.07 Å². The third-order valence-corrected chi connectivity index (χ3v) is 3.84. The predicted molar refractivity (Wildman–Crippen MR) is 106 cm³/mol. The van der Waals surface area contributed by atoms with Crippen LogP contribution in [0.15, 0.2) is 41.4 Å². The average Bonchev–Trinajstić information content (AvgIpc) is 2.66. The number of para-hydroxylation sites is 1. The first-order valence-electron chi connectivity index (χ1n) is 8.57. The van der Waals surface area contributed by atoms with Crippen molar-refractivity contribution in [2.45, 2.75) is 39.5 Å². The Bertz CT molecular complexity index is 659. The molecule has 0 radical (unpaired) electrons. The topological polar surface area (TPSA) is 41.8 Å². The van der Waals surface area contributed by atoms with E-state index in [0.717, 1.165) is 11.3 Å². The van der Waals surface area contributed by atoms with Crippen molar-refractivity contribution < 1.29 is 28.0 Å². The molecule has 1 N–H and O–H groups in total. The summed E-state index contributed by atoms with van der Waals surface area (Å²) < 4.78 is 5.35. The first kappa shape index (κ1) is 22.9. The Labute approximate surface area is 171 Å². The summed E-state index contributed by atoms with van der Waals surface area (Å²) in [6.45, 7) is 9.07. The average molecular weight is 466 g/mol. The van der Waals surface area contributed by atoms with Gasteiger partial charge in [-0.2, -0.15) is 0 Å². The van der Waals surface area contributed by atoms with Crippen LogP contribution in [0.1, 0.15) is 56.2 Å². The van der Waals surface area contributed by atoms with Gasteiger partial charge in [-0.3, -0.25) is 0 Å². The molecule has 0 fully saturated rings. The van der Waals surface area contributed by atoms with Crippen LogP contribution in [0, 0.1) is 6.07 Å². The first-order chi connectivity index (χ1) is 12.5. The third-order valence-electron chi connectivity index (χ3n) is 3.84. The predicted octanol–water partition coefficient (Wildman–Crippen LogP) is 5.54. The molecule has 0 aromatic heterocycles. The minimum absolute atomic E-state index is 0.00712. The molecular weight excluding hydrogens is 440 g/mol. The molecule has 2 aromatic rings. The molecule has 5 heteroatoms. The van der Waals surface area contributed by atoms with Crippen LogP contribution in [-0.4, -0.2) is 24.5 Å². The molecule has 0 unspecified atom stereocenters. The summed E-state index contributed by atoms with van der Waals surface area (Å²) in [6.07, 6.45) is 1.85. The van der Waals surface area contributed by atoms with Gasteiger partial charge in [-0.05, 0) is 29.2 Å². The maximum atomic E-state index is 8.78. The fourth-order valence-electron chi connectivity index (χ4n) is 2.55. The molecule has 0 heterocycles. The number of nitrogens with zero attached hydrogens (tertiary/aromatic N) is 1. The minimum atomic E-state index is 0.00712. The Morgan fingerprint density at radius 3 is 2.19 bits per heavy atom. The van der Waals surface area contributed by atoms with Crippen LogP contribution in [0.4, 0.5) is 5.69 Å². The molecule has 0 bridgehead atoms. The van der Waals surface area contributed by atoms with Crippen molar-refractivity contribution in [2.24, 2.45) is 4.99 Å². The molecular formula is C21H26ClNO2Pd. The second-order valence-corrected chi connectivity index (χ2v) is 6.40. The number of hydrogen-bond donors (Lipinski definition) is 1. The molecule has 26 heavy (non-hydrogen) atoms. The van der Waals surface area contributed by atoms with Gasteiger partial charge in [0.05, 0.1) is 18.9 Å². The van der Waals surface area contributed by atoms with Crippen molar-refractivity contribution >= 4 is 21.4 Å². The SMILES string of the molecule is CC(C)c1cccc(C(C)C)c1N=Cc1[c-]cc(OCCO)cc1.[Cl][Pd+]. The van der Waals surface area contributed by atoms with Gasteiger partial charge in [-0.25, -0.2) is 0 Å². The standard InChI is InChI=1S/C21H26NO2.ClH.Pd/c1-15(2)19-6-5-7-20(16(3)4)21(19)22-14-17-8-10-18(11-9-17)24-13-12-23;;/h5-8,10-11,14-16,23H,12-13H2,1-4H3;1H;/q-1;;+2/p-1. The summed E-state index contributed by atoms with van der Waals surface area (Å²) in [5, 5.41) is 8.78. The molecule has 0 saturated heterocycles. The van der Waals surface area contributed by atoms with Crippen molar-refractivity contribution in [1.29, 1.82) is 0 Å². The zero-order valence-corrected chi connectivity index (χ0v) is 17.9. The number of rotatable bonds is 7. The molecule has 0 saturated carbocycles. The summed E-state index contributed by atoms with van der Waals surface area (Å²) in [5.74, 6) is 1.55. The van der Waals surface area contributed by atoms with Gasteiger partial charge in [0.1, 0.15) is 0 Å². The van der Waals surface area contributed by atoms with E-state index in [9.17, 15) is 0 Å². The van der Waals surface area contributed by atoms with Crippen LogP contribution in [-0.2, 0) is 18.2 Å². The molecule has 0 aliphatic heterocycles. The van der Waals surface area contributed by atoms with Crippen LogP contribution in [0.3, 0.4) is 0 Å². The van der Waals surface area contributed by atoms with Crippen molar-refractivity contribution in [1.82, 2.24) is 0 Å². The van der Waals surface area contributed by atoms with Gasteiger partial charge >= 0.3 is 27.7 Å². The van der Waals surface area contributed by atoms with Crippen LogP contribution < -0.4 is 4.74 Å². The summed E-state index contributed by atoms with van der Waals surface area (Å²) in [6, 6.07) is 15.1. The van der Waals surface area contributed by atoms with Crippen molar-refractivity contribution in [3.63, 3.8) is 0 Å². The van der Waals surface area contributed by atoms with Crippen molar-refractivity contribution in [3.05, 3.63) is 59.2 Å². The molecule has 0 aliphatic rings. The normalized spacial score (nSPS) is 11.0. The number of aliphatic hydroxyl groups is 1. The fourth-order valence-corrected chi connectivity index (χ4v) is 2.55. The first-order valence-corrected chi connectivity index (χ1v) is 10.6. The van der Waals surface area contributed by atoms with Gasteiger partial charge in [0.25, 0.3) is 0 Å². The third kappa shape index (κ3) is 6.85. The van der Waals surface area contributed by atoms with Gasteiger partial charge in [-0.1, -0.05) is 45.9 Å². The Kier molecular flexibility index (Phi) is 10.8. The molecule has 0 atom stereocenters. The quantitative estimate of drug-likeness (QED) is 0.331. The van der Waals surface area contributed by atoms with Crippen molar-refractivity contribution in [2.75, 3.05) is 13.2 Å². The second kappa shape index (κ2) is 12.3. The number of aliphatic hydroxyl groups excluding tert-OH is 1. The number of hydrogen-bond acceptors (Lipinski definition) is 3. The molecule has 3 nitrogen and oxygen atoms in total. The Morgan fingerprint density at radius 1 is 1.12 bits per heavy atom. The van der Waals surface area contributed by atoms with Gasteiger partial charge in [0.15, 0.2) is 0 Å².